The van der Waals surface area contributed by atoms with Crippen molar-refractivity contribution in [1.82, 2.24) is 0 Å². The Morgan fingerprint density at radius 2 is 1.40 bits per heavy atom. The van der Waals surface area contributed by atoms with Crippen molar-refractivity contribution in [2.75, 3.05) is 0 Å². The molecule has 2 N–H and O–H groups in total. The highest BCUT2D eigenvalue weighted by atomic mass is 32.2. The van der Waals surface area contributed by atoms with Crippen LogP contribution in [0, 0.1) is 0 Å². The van der Waals surface area contributed by atoms with E-state index >= 15 is 0 Å². The topological polar surface area (TPSA) is 86.5 Å². The van der Waals surface area contributed by atoms with Crippen LogP contribution in [-0.2, 0) is 10.1 Å². The van der Waals surface area contributed by atoms with E-state index < -0.39 is 16.0 Å². The molecule has 0 fully saturated rings. The van der Waals surface area contributed by atoms with Gasteiger partial charge in [-0.3, -0.25) is 4.79 Å². The fourth-order valence-corrected chi connectivity index (χ4v) is 3.30. The van der Waals surface area contributed by atoms with Gasteiger partial charge in [-0.15, -0.1) is 0 Å². The molecule has 0 bridgehead atoms. The van der Waals surface area contributed by atoms with E-state index in [0.29, 0.717) is 5.56 Å². The maximum Gasteiger partial charge on any atom is 0.339 e. The van der Waals surface area contributed by atoms with Gasteiger partial charge < -0.3 is 9.92 Å². The molecule has 0 aromatic heterocycles. The molecule has 6 heteroatoms. The molecule has 0 aliphatic heterocycles. The van der Waals surface area contributed by atoms with Crippen molar-refractivity contribution in [3.05, 3.63) is 84.4 Å². The van der Waals surface area contributed by atoms with E-state index in [2.05, 4.69) is 0 Å². The molecule has 0 saturated heterocycles. The Bertz CT molecular complexity index is 997. The van der Waals surface area contributed by atoms with Crippen LogP contribution < -0.4 is 9.92 Å². The van der Waals surface area contributed by atoms with Gasteiger partial charge in [-0.05, 0) is 35.9 Å². The zero-order valence-electron chi connectivity index (χ0n) is 13.1. The van der Waals surface area contributed by atoms with Gasteiger partial charge in [0.2, 0.25) is 5.91 Å². The maximum absolute atomic E-state index is 12.5. The molecule has 0 aliphatic rings. The molecule has 0 saturated carbocycles. The van der Waals surface area contributed by atoms with Gasteiger partial charge in [-0.1, -0.05) is 48.5 Å². The number of hydrogen-bond acceptors (Lipinski definition) is 4. The number of carbonyl (C=O) groups is 1. The fraction of sp³-hybridized carbons (Fsp3) is 0. The SMILES string of the molecule is NC(=O)c1ccc(S(=O)(=O)Oc2ccccc2-c2ccccc2)cc1. The largest absolute Gasteiger partial charge is 0.378 e. The molecule has 0 radical (unpaired) electrons. The van der Waals surface area contributed by atoms with Crippen LogP contribution in [0.1, 0.15) is 10.4 Å². The van der Waals surface area contributed by atoms with Gasteiger partial charge in [0.1, 0.15) is 4.90 Å². The van der Waals surface area contributed by atoms with E-state index in [1.165, 1.54) is 24.3 Å². The van der Waals surface area contributed by atoms with E-state index in [4.69, 9.17) is 9.92 Å². The van der Waals surface area contributed by atoms with Crippen molar-refractivity contribution in [2.24, 2.45) is 5.73 Å². The summed E-state index contributed by atoms with van der Waals surface area (Å²) in [5, 5.41) is 0. The summed E-state index contributed by atoms with van der Waals surface area (Å²) in [5.41, 5.74) is 6.90. The van der Waals surface area contributed by atoms with Crippen LogP contribution in [-0.4, -0.2) is 14.3 Å². The van der Waals surface area contributed by atoms with Gasteiger partial charge in [-0.25, -0.2) is 0 Å². The first kappa shape index (κ1) is 16.7. The zero-order chi connectivity index (χ0) is 17.9. The number of hydrogen-bond donors (Lipinski definition) is 1. The van der Waals surface area contributed by atoms with Crippen molar-refractivity contribution in [3.63, 3.8) is 0 Å². The molecule has 1 amide bonds. The third-order valence-corrected chi connectivity index (χ3v) is 4.85. The molecule has 126 valence electrons. The van der Waals surface area contributed by atoms with Crippen molar-refractivity contribution < 1.29 is 17.4 Å². The molecule has 5 nitrogen and oxygen atoms in total. The van der Waals surface area contributed by atoms with Gasteiger partial charge >= 0.3 is 10.1 Å². The number of rotatable bonds is 5. The summed E-state index contributed by atoms with van der Waals surface area (Å²) in [6, 6.07) is 21.5. The van der Waals surface area contributed by atoms with E-state index in [1.54, 1.807) is 18.2 Å². The number of nitrogens with two attached hydrogens (primary N) is 1. The van der Waals surface area contributed by atoms with Crippen LogP contribution in [0.3, 0.4) is 0 Å². The van der Waals surface area contributed by atoms with E-state index in [9.17, 15) is 13.2 Å². The second-order valence-electron chi connectivity index (χ2n) is 5.29. The van der Waals surface area contributed by atoms with Crippen LogP contribution in [0.5, 0.6) is 5.75 Å². The summed E-state index contributed by atoms with van der Waals surface area (Å²) >= 11 is 0. The molecule has 3 aromatic carbocycles. The molecule has 0 unspecified atom stereocenters. The normalized spacial score (nSPS) is 11.0. The monoisotopic (exact) mass is 353 g/mol. The molecule has 3 aromatic rings. The van der Waals surface area contributed by atoms with Gasteiger partial charge in [0.05, 0.1) is 0 Å². The van der Waals surface area contributed by atoms with E-state index in [0.717, 1.165) is 5.56 Å². The minimum atomic E-state index is -4.04. The summed E-state index contributed by atoms with van der Waals surface area (Å²) in [6.45, 7) is 0. The Kier molecular flexibility index (Phi) is 4.54. The lowest BCUT2D eigenvalue weighted by atomic mass is 10.1. The predicted molar refractivity (Wildman–Crippen MR) is 94.7 cm³/mol. The first-order valence-corrected chi connectivity index (χ1v) is 8.87. The van der Waals surface area contributed by atoms with Crippen molar-refractivity contribution in [3.8, 4) is 16.9 Å². The smallest absolute Gasteiger partial charge is 0.339 e. The average molecular weight is 353 g/mol. The number of para-hydroxylation sites is 1. The summed E-state index contributed by atoms with van der Waals surface area (Å²) < 4.78 is 30.4. The number of carbonyl (C=O) groups excluding carboxylic acids is 1. The van der Waals surface area contributed by atoms with Gasteiger partial charge in [-0.2, -0.15) is 8.42 Å². The van der Waals surface area contributed by atoms with E-state index in [1.807, 2.05) is 36.4 Å². The lowest BCUT2D eigenvalue weighted by Crippen LogP contribution is -2.13. The predicted octanol–water partition coefficient (Wildman–Crippen LogP) is 3.22. The Morgan fingerprint density at radius 3 is 2.04 bits per heavy atom. The number of benzene rings is 3. The highest BCUT2D eigenvalue weighted by Gasteiger charge is 2.19. The summed E-state index contributed by atoms with van der Waals surface area (Å²) in [5.74, 6) is -0.396. The molecule has 0 heterocycles. The van der Waals surface area contributed by atoms with E-state index in [-0.39, 0.29) is 16.2 Å². The van der Waals surface area contributed by atoms with Crippen LogP contribution in [0.4, 0.5) is 0 Å². The minimum Gasteiger partial charge on any atom is -0.378 e. The second-order valence-corrected chi connectivity index (χ2v) is 6.83. The quantitative estimate of drug-likeness (QED) is 0.714. The molecular weight excluding hydrogens is 338 g/mol. The first-order valence-electron chi connectivity index (χ1n) is 7.46. The standard InChI is InChI=1S/C19H15NO4S/c20-19(21)15-10-12-16(13-11-15)25(22,23)24-18-9-5-4-8-17(18)14-6-2-1-3-7-14/h1-13H,(H2,20,21). The maximum atomic E-state index is 12.5. The average Bonchev–Trinajstić information content (AvgIpc) is 2.63. The fourth-order valence-electron chi connectivity index (χ4n) is 2.35. The summed E-state index contributed by atoms with van der Waals surface area (Å²) in [6.07, 6.45) is 0. The minimum absolute atomic E-state index is 0.0552. The Hall–Kier alpha value is -3.12. The van der Waals surface area contributed by atoms with Gasteiger partial charge in [0, 0.05) is 11.1 Å². The highest BCUT2D eigenvalue weighted by molar-refractivity contribution is 7.87. The zero-order valence-corrected chi connectivity index (χ0v) is 13.9. The molecule has 25 heavy (non-hydrogen) atoms. The summed E-state index contributed by atoms with van der Waals surface area (Å²) in [4.78, 5) is 11.0. The third-order valence-electron chi connectivity index (χ3n) is 3.60. The number of primary amides is 1. The lowest BCUT2D eigenvalue weighted by Gasteiger charge is -2.12. The van der Waals surface area contributed by atoms with Crippen LogP contribution in [0.25, 0.3) is 11.1 Å². The lowest BCUT2D eigenvalue weighted by molar-refractivity contribution is 0.1000. The van der Waals surface area contributed by atoms with Crippen LogP contribution in [0.2, 0.25) is 0 Å². The van der Waals surface area contributed by atoms with Gasteiger partial charge in [0.15, 0.2) is 5.75 Å². The van der Waals surface area contributed by atoms with Crippen LogP contribution >= 0.6 is 0 Å². The first-order chi connectivity index (χ1) is 12.0. The highest BCUT2D eigenvalue weighted by Crippen LogP contribution is 2.31. The number of amides is 1. The summed E-state index contributed by atoms with van der Waals surface area (Å²) in [7, 11) is -4.04. The second kappa shape index (κ2) is 6.78. The van der Waals surface area contributed by atoms with Crippen molar-refractivity contribution in [2.45, 2.75) is 4.90 Å². The van der Waals surface area contributed by atoms with Crippen LogP contribution in [0.15, 0.2) is 83.8 Å². The Morgan fingerprint density at radius 1 is 0.800 bits per heavy atom. The Balaban J connectivity index is 1.95. The molecule has 0 spiro atoms. The third kappa shape index (κ3) is 3.70. The van der Waals surface area contributed by atoms with Crippen molar-refractivity contribution in [1.29, 1.82) is 0 Å². The molecule has 0 aliphatic carbocycles. The Labute approximate surface area is 145 Å². The van der Waals surface area contributed by atoms with Gasteiger partial charge in [0.25, 0.3) is 0 Å². The molecular formula is C19H15NO4S. The molecule has 3 rings (SSSR count). The molecule has 0 atom stereocenters. The van der Waals surface area contributed by atoms with Crippen molar-refractivity contribution >= 4 is 16.0 Å².